The minimum atomic E-state index is -0.291. The van der Waals surface area contributed by atoms with Crippen LogP contribution in [0.1, 0.15) is 26.3 Å². The first kappa shape index (κ1) is 15.8. The Labute approximate surface area is 129 Å². The summed E-state index contributed by atoms with van der Waals surface area (Å²) in [6.45, 7) is 7.28. The van der Waals surface area contributed by atoms with Crippen LogP contribution in [-0.2, 0) is 16.1 Å². The summed E-state index contributed by atoms with van der Waals surface area (Å²) in [5.41, 5.74) is 1.78. The van der Waals surface area contributed by atoms with Crippen LogP contribution in [0.25, 0.3) is 0 Å². The lowest BCUT2D eigenvalue weighted by molar-refractivity contribution is -0.130. The number of rotatable bonds is 3. The number of carbonyl (C=O) groups excluding carboxylic acids is 2. The monoisotopic (exact) mass is 309 g/mol. The second kappa shape index (κ2) is 6.03. The number of nitrogens with one attached hydrogen (secondary N) is 2. The van der Waals surface area contributed by atoms with Gasteiger partial charge in [0.1, 0.15) is 0 Å². The fourth-order valence-corrected chi connectivity index (χ4v) is 2.30. The lowest BCUT2D eigenvalue weighted by atomic mass is 10.1. The normalized spacial score (nSPS) is 16.1. The second-order valence-corrected chi connectivity index (χ2v) is 6.61. The van der Waals surface area contributed by atoms with Gasteiger partial charge in [-0.2, -0.15) is 0 Å². The van der Waals surface area contributed by atoms with Crippen molar-refractivity contribution in [2.75, 3.05) is 18.0 Å². The van der Waals surface area contributed by atoms with E-state index in [1.807, 2.05) is 12.1 Å². The van der Waals surface area contributed by atoms with Crippen molar-refractivity contribution in [3.8, 4) is 0 Å². The predicted octanol–water partition coefficient (Wildman–Crippen LogP) is 1.69. The molecule has 1 aromatic rings. The summed E-state index contributed by atoms with van der Waals surface area (Å²) in [5, 5.41) is 6.28. The summed E-state index contributed by atoms with van der Waals surface area (Å²) in [5.74, 6) is -0.582. The molecule has 114 valence electrons. The van der Waals surface area contributed by atoms with Crippen LogP contribution in [-0.4, -0.2) is 30.4 Å². The fraction of sp³-hybridized carbons (Fsp3) is 0.467. The molecule has 1 saturated heterocycles. The van der Waals surface area contributed by atoms with Crippen LogP contribution in [0.4, 0.5) is 5.69 Å². The summed E-state index contributed by atoms with van der Waals surface area (Å²) in [6.07, 6.45) is 0. The molecule has 6 heteroatoms. The van der Waals surface area contributed by atoms with Crippen LogP contribution >= 0.6 is 11.6 Å². The van der Waals surface area contributed by atoms with Crippen molar-refractivity contribution in [3.05, 3.63) is 28.8 Å². The molecule has 2 amide bonds. The number of anilines is 1. The van der Waals surface area contributed by atoms with Gasteiger partial charge in [-0.1, -0.05) is 17.7 Å². The highest BCUT2D eigenvalue weighted by Crippen LogP contribution is 2.24. The van der Waals surface area contributed by atoms with E-state index in [1.54, 1.807) is 11.0 Å². The standard InChI is InChI=1S/C15H20ClN3O2/c1-15(2,3)17-7-10-4-5-11(6-12(10)16)19-8-13(20)18-14(21)9-19/h4-6,17H,7-9H2,1-3H3,(H,18,20,21). The van der Waals surface area contributed by atoms with Gasteiger partial charge in [0.05, 0.1) is 13.1 Å². The van der Waals surface area contributed by atoms with Gasteiger partial charge in [0.15, 0.2) is 0 Å². The molecule has 5 nitrogen and oxygen atoms in total. The van der Waals surface area contributed by atoms with E-state index >= 15 is 0 Å². The predicted molar refractivity (Wildman–Crippen MR) is 83.4 cm³/mol. The van der Waals surface area contributed by atoms with Gasteiger partial charge < -0.3 is 10.2 Å². The molecule has 0 aliphatic carbocycles. The largest absolute Gasteiger partial charge is 0.353 e. The summed E-state index contributed by atoms with van der Waals surface area (Å²) in [7, 11) is 0. The molecule has 1 heterocycles. The molecule has 1 aromatic carbocycles. The van der Waals surface area contributed by atoms with E-state index in [2.05, 4.69) is 31.4 Å². The molecule has 0 bridgehead atoms. The van der Waals surface area contributed by atoms with E-state index in [9.17, 15) is 9.59 Å². The van der Waals surface area contributed by atoms with Crippen molar-refractivity contribution in [3.63, 3.8) is 0 Å². The molecule has 2 rings (SSSR count). The molecular weight excluding hydrogens is 290 g/mol. The van der Waals surface area contributed by atoms with Crippen molar-refractivity contribution < 1.29 is 9.59 Å². The molecule has 2 N–H and O–H groups in total. The number of hydrogen-bond donors (Lipinski definition) is 2. The summed E-state index contributed by atoms with van der Waals surface area (Å²) >= 11 is 6.30. The molecular formula is C15H20ClN3O2. The number of carbonyl (C=O) groups is 2. The molecule has 21 heavy (non-hydrogen) atoms. The average molecular weight is 310 g/mol. The molecule has 0 unspecified atom stereocenters. The molecule has 0 saturated carbocycles. The van der Waals surface area contributed by atoms with Gasteiger partial charge in [0, 0.05) is 22.8 Å². The van der Waals surface area contributed by atoms with E-state index in [0.717, 1.165) is 11.3 Å². The Bertz CT molecular complexity index is 551. The quantitative estimate of drug-likeness (QED) is 0.834. The Morgan fingerprint density at radius 2 is 1.86 bits per heavy atom. The minimum Gasteiger partial charge on any atom is -0.353 e. The van der Waals surface area contributed by atoms with Crippen molar-refractivity contribution in [2.24, 2.45) is 0 Å². The Hall–Kier alpha value is -1.59. The Balaban J connectivity index is 2.11. The van der Waals surface area contributed by atoms with Crippen LogP contribution < -0.4 is 15.5 Å². The molecule has 0 aromatic heterocycles. The van der Waals surface area contributed by atoms with Gasteiger partial charge >= 0.3 is 0 Å². The van der Waals surface area contributed by atoms with Gasteiger partial charge in [-0.05, 0) is 38.5 Å². The van der Waals surface area contributed by atoms with Crippen molar-refractivity contribution in [2.45, 2.75) is 32.9 Å². The van der Waals surface area contributed by atoms with Gasteiger partial charge in [-0.3, -0.25) is 14.9 Å². The third kappa shape index (κ3) is 4.44. The second-order valence-electron chi connectivity index (χ2n) is 6.21. The highest BCUT2D eigenvalue weighted by Gasteiger charge is 2.23. The van der Waals surface area contributed by atoms with Gasteiger partial charge in [-0.15, -0.1) is 0 Å². The van der Waals surface area contributed by atoms with Gasteiger partial charge in [0.2, 0.25) is 11.8 Å². The van der Waals surface area contributed by atoms with Gasteiger partial charge in [-0.25, -0.2) is 0 Å². The lowest BCUT2D eigenvalue weighted by Gasteiger charge is -2.28. The van der Waals surface area contributed by atoms with E-state index in [4.69, 9.17) is 11.6 Å². The third-order valence-electron chi connectivity index (χ3n) is 3.16. The maximum Gasteiger partial charge on any atom is 0.246 e. The van der Waals surface area contributed by atoms with Crippen LogP contribution in [0.15, 0.2) is 18.2 Å². The van der Waals surface area contributed by atoms with Crippen LogP contribution in [0.2, 0.25) is 5.02 Å². The zero-order valence-corrected chi connectivity index (χ0v) is 13.3. The minimum absolute atomic E-state index is 0.0133. The van der Waals surface area contributed by atoms with E-state index in [1.165, 1.54) is 0 Å². The number of amides is 2. The van der Waals surface area contributed by atoms with Gasteiger partial charge in [0.25, 0.3) is 0 Å². The van der Waals surface area contributed by atoms with Crippen molar-refractivity contribution in [1.82, 2.24) is 10.6 Å². The first-order valence-electron chi connectivity index (χ1n) is 6.86. The number of nitrogens with zero attached hydrogens (tertiary/aromatic N) is 1. The zero-order chi connectivity index (χ0) is 15.6. The topological polar surface area (TPSA) is 61.4 Å². The molecule has 1 aliphatic heterocycles. The molecule has 0 spiro atoms. The lowest BCUT2D eigenvalue weighted by Crippen LogP contribution is -2.51. The SMILES string of the molecule is CC(C)(C)NCc1ccc(N2CC(=O)NC(=O)C2)cc1Cl. The number of piperazine rings is 1. The first-order chi connectivity index (χ1) is 9.74. The average Bonchev–Trinajstić information content (AvgIpc) is 2.35. The fourth-order valence-electron chi connectivity index (χ4n) is 2.06. The molecule has 1 fully saturated rings. The number of halogens is 1. The van der Waals surface area contributed by atoms with Crippen LogP contribution in [0.3, 0.4) is 0 Å². The Kier molecular flexibility index (Phi) is 4.54. The van der Waals surface area contributed by atoms with Crippen LogP contribution in [0.5, 0.6) is 0 Å². The number of hydrogen-bond acceptors (Lipinski definition) is 4. The maximum absolute atomic E-state index is 11.4. The highest BCUT2D eigenvalue weighted by atomic mass is 35.5. The Morgan fingerprint density at radius 1 is 1.24 bits per heavy atom. The molecule has 0 radical (unpaired) electrons. The summed E-state index contributed by atoms with van der Waals surface area (Å²) in [6, 6.07) is 5.61. The van der Waals surface area contributed by atoms with Crippen LogP contribution in [0, 0.1) is 0 Å². The smallest absolute Gasteiger partial charge is 0.246 e. The number of benzene rings is 1. The Morgan fingerprint density at radius 3 is 2.38 bits per heavy atom. The highest BCUT2D eigenvalue weighted by molar-refractivity contribution is 6.31. The molecule has 0 atom stereocenters. The first-order valence-corrected chi connectivity index (χ1v) is 7.23. The van der Waals surface area contributed by atoms with E-state index in [-0.39, 0.29) is 30.4 Å². The van der Waals surface area contributed by atoms with E-state index < -0.39 is 0 Å². The third-order valence-corrected chi connectivity index (χ3v) is 3.51. The van der Waals surface area contributed by atoms with Crippen molar-refractivity contribution in [1.29, 1.82) is 0 Å². The summed E-state index contributed by atoms with van der Waals surface area (Å²) in [4.78, 5) is 24.5. The molecule has 1 aliphatic rings. The summed E-state index contributed by atoms with van der Waals surface area (Å²) < 4.78 is 0. The zero-order valence-electron chi connectivity index (χ0n) is 12.5. The van der Waals surface area contributed by atoms with E-state index in [0.29, 0.717) is 11.6 Å². The maximum atomic E-state index is 11.4. The van der Waals surface area contributed by atoms with Crippen molar-refractivity contribution >= 4 is 29.1 Å². The number of imide groups is 1.